The summed E-state index contributed by atoms with van der Waals surface area (Å²) in [6.45, 7) is 6.05. The first kappa shape index (κ1) is 15.5. The Hall–Kier alpha value is -0.410. The Labute approximate surface area is 128 Å². The molecule has 0 N–H and O–H groups in total. The smallest absolute Gasteiger partial charge is 0.168 e. The summed E-state index contributed by atoms with van der Waals surface area (Å²) in [5.41, 5.74) is 0.163. The molecule has 2 aliphatic carbocycles. The van der Waals surface area contributed by atoms with Gasteiger partial charge in [0.25, 0.3) is 0 Å². The van der Waals surface area contributed by atoms with Gasteiger partial charge in [-0.25, -0.2) is 0 Å². The van der Waals surface area contributed by atoms with Crippen LogP contribution >= 0.6 is 0 Å². The van der Waals surface area contributed by atoms with Crippen LogP contribution in [-0.4, -0.2) is 24.8 Å². The molecule has 3 heteroatoms. The van der Waals surface area contributed by atoms with Gasteiger partial charge in [-0.1, -0.05) is 13.8 Å². The molecule has 3 aliphatic rings. The third kappa shape index (κ3) is 3.87. The predicted molar refractivity (Wildman–Crippen MR) is 82.0 cm³/mol. The molecule has 3 rings (SSSR count). The molecule has 120 valence electrons. The van der Waals surface area contributed by atoms with Crippen molar-refractivity contribution in [3.05, 3.63) is 0 Å². The SMILES string of the molecule is CC1(C)COC2(CCC(CC3CCC(=O)CC3)CC2)OC1. The van der Waals surface area contributed by atoms with E-state index in [0.29, 0.717) is 5.78 Å². The Morgan fingerprint density at radius 2 is 1.48 bits per heavy atom. The van der Waals surface area contributed by atoms with Gasteiger partial charge in [-0.3, -0.25) is 4.79 Å². The second-order valence-corrected chi connectivity index (χ2v) is 8.31. The summed E-state index contributed by atoms with van der Waals surface area (Å²) in [4.78, 5) is 11.3. The third-order valence-electron chi connectivity index (χ3n) is 5.65. The van der Waals surface area contributed by atoms with E-state index in [1.807, 2.05) is 0 Å². The first-order valence-corrected chi connectivity index (χ1v) is 8.76. The Morgan fingerprint density at radius 3 is 2.05 bits per heavy atom. The molecule has 2 saturated carbocycles. The zero-order valence-electron chi connectivity index (χ0n) is 13.7. The van der Waals surface area contributed by atoms with Crippen LogP contribution in [-0.2, 0) is 14.3 Å². The lowest BCUT2D eigenvalue weighted by Gasteiger charge is -2.47. The van der Waals surface area contributed by atoms with Crippen LogP contribution in [0.3, 0.4) is 0 Å². The van der Waals surface area contributed by atoms with Gasteiger partial charge >= 0.3 is 0 Å². The highest BCUT2D eigenvalue weighted by Gasteiger charge is 2.43. The second kappa shape index (κ2) is 6.00. The average molecular weight is 294 g/mol. The number of Topliss-reactive ketones (excluding diaryl/α,β-unsaturated/α-hetero) is 1. The largest absolute Gasteiger partial charge is 0.349 e. The zero-order chi connectivity index (χ0) is 14.9. The van der Waals surface area contributed by atoms with Crippen molar-refractivity contribution in [2.24, 2.45) is 17.3 Å². The Balaban J connectivity index is 1.44. The van der Waals surface area contributed by atoms with Crippen molar-refractivity contribution in [2.75, 3.05) is 13.2 Å². The predicted octanol–water partition coefficient (Wildman–Crippen LogP) is 4.10. The van der Waals surface area contributed by atoms with Crippen LogP contribution in [0.15, 0.2) is 0 Å². The highest BCUT2D eigenvalue weighted by Crippen LogP contribution is 2.43. The minimum atomic E-state index is -0.269. The number of hydrogen-bond acceptors (Lipinski definition) is 3. The van der Waals surface area contributed by atoms with E-state index in [4.69, 9.17) is 9.47 Å². The summed E-state index contributed by atoms with van der Waals surface area (Å²) in [5.74, 6) is 1.81. The van der Waals surface area contributed by atoms with E-state index in [2.05, 4.69) is 13.8 Å². The lowest BCUT2D eigenvalue weighted by Crippen LogP contribution is -2.49. The molecular weight excluding hydrogens is 264 g/mol. The second-order valence-electron chi connectivity index (χ2n) is 8.31. The summed E-state index contributed by atoms with van der Waals surface area (Å²) in [7, 11) is 0. The molecule has 3 fully saturated rings. The van der Waals surface area contributed by atoms with Crippen LogP contribution in [0.5, 0.6) is 0 Å². The molecule has 0 atom stereocenters. The molecule has 1 spiro atoms. The van der Waals surface area contributed by atoms with Crippen LogP contribution in [0.1, 0.15) is 71.6 Å². The summed E-state index contributed by atoms with van der Waals surface area (Å²) in [6, 6.07) is 0. The van der Waals surface area contributed by atoms with Gasteiger partial charge in [0.15, 0.2) is 5.79 Å². The fourth-order valence-corrected chi connectivity index (χ4v) is 4.09. The lowest BCUT2D eigenvalue weighted by atomic mass is 9.75. The maximum absolute atomic E-state index is 11.3. The molecule has 0 bridgehead atoms. The highest BCUT2D eigenvalue weighted by atomic mass is 16.7. The number of carbonyl (C=O) groups is 1. The Morgan fingerprint density at radius 1 is 0.952 bits per heavy atom. The van der Waals surface area contributed by atoms with Crippen LogP contribution in [0.4, 0.5) is 0 Å². The molecular formula is C18H30O3. The number of rotatable bonds is 2. The van der Waals surface area contributed by atoms with Crippen molar-refractivity contribution in [1.82, 2.24) is 0 Å². The third-order valence-corrected chi connectivity index (χ3v) is 5.65. The standard InChI is InChI=1S/C18H30O3/c1-17(2)12-20-18(21-13-17)9-7-15(8-10-18)11-14-3-5-16(19)6-4-14/h14-15H,3-13H2,1-2H3. The molecule has 21 heavy (non-hydrogen) atoms. The molecule has 0 amide bonds. The van der Waals surface area contributed by atoms with Crippen molar-refractivity contribution in [3.8, 4) is 0 Å². The average Bonchev–Trinajstić information content (AvgIpc) is 2.47. The summed E-state index contributed by atoms with van der Waals surface area (Å²) < 4.78 is 12.2. The van der Waals surface area contributed by atoms with Gasteiger partial charge < -0.3 is 9.47 Å². The van der Waals surface area contributed by atoms with E-state index in [-0.39, 0.29) is 11.2 Å². The van der Waals surface area contributed by atoms with Gasteiger partial charge in [0.2, 0.25) is 0 Å². The molecule has 1 aliphatic heterocycles. The summed E-state index contributed by atoms with van der Waals surface area (Å²) >= 11 is 0. The van der Waals surface area contributed by atoms with Crippen LogP contribution in [0.2, 0.25) is 0 Å². The van der Waals surface area contributed by atoms with Crippen molar-refractivity contribution >= 4 is 5.78 Å². The van der Waals surface area contributed by atoms with Crippen LogP contribution in [0.25, 0.3) is 0 Å². The normalized spacial score (nSPS) is 30.7. The maximum Gasteiger partial charge on any atom is 0.168 e. The minimum Gasteiger partial charge on any atom is -0.349 e. The first-order chi connectivity index (χ1) is 9.96. The zero-order valence-corrected chi connectivity index (χ0v) is 13.7. The molecule has 0 radical (unpaired) electrons. The van der Waals surface area contributed by atoms with E-state index in [1.165, 1.54) is 19.3 Å². The quantitative estimate of drug-likeness (QED) is 0.769. The van der Waals surface area contributed by atoms with Crippen molar-refractivity contribution in [2.45, 2.75) is 77.4 Å². The maximum atomic E-state index is 11.3. The van der Waals surface area contributed by atoms with Gasteiger partial charge in [-0.15, -0.1) is 0 Å². The molecule has 1 saturated heterocycles. The summed E-state index contributed by atoms with van der Waals surface area (Å²) in [6.07, 6.45) is 9.78. The molecule has 1 heterocycles. The number of ketones is 1. The Kier molecular flexibility index (Phi) is 4.42. The molecule has 0 aromatic carbocycles. The number of hydrogen-bond donors (Lipinski definition) is 0. The monoisotopic (exact) mass is 294 g/mol. The van der Waals surface area contributed by atoms with E-state index >= 15 is 0 Å². The lowest BCUT2D eigenvalue weighted by molar-refractivity contribution is -0.312. The van der Waals surface area contributed by atoms with Gasteiger partial charge in [0.1, 0.15) is 5.78 Å². The molecule has 0 aromatic heterocycles. The first-order valence-electron chi connectivity index (χ1n) is 8.76. The van der Waals surface area contributed by atoms with Gasteiger partial charge in [-0.2, -0.15) is 0 Å². The fraction of sp³-hybridized carbons (Fsp3) is 0.944. The molecule has 3 nitrogen and oxygen atoms in total. The number of ether oxygens (including phenoxy) is 2. The van der Waals surface area contributed by atoms with E-state index in [9.17, 15) is 4.79 Å². The van der Waals surface area contributed by atoms with Crippen molar-refractivity contribution in [3.63, 3.8) is 0 Å². The van der Waals surface area contributed by atoms with Gasteiger partial charge in [0.05, 0.1) is 13.2 Å². The summed E-state index contributed by atoms with van der Waals surface area (Å²) in [5, 5.41) is 0. The van der Waals surface area contributed by atoms with Gasteiger partial charge in [-0.05, 0) is 43.9 Å². The minimum absolute atomic E-state index is 0.163. The molecule has 0 aromatic rings. The molecule has 0 unspecified atom stereocenters. The highest BCUT2D eigenvalue weighted by molar-refractivity contribution is 5.78. The topological polar surface area (TPSA) is 35.5 Å². The van der Waals surface area contributed by atoms with Gasteiger partial charge in [0, 0.05) is 31.1 Å². The van der Waals surface area contributed by atoms with Crippen molar-refractivity contribution < 1.29 is 14.3 Å². The van der Waals surface area contributed by atoms with E-state index < -0.39 is 0 Å². The van der Waals surface area contributed by atoms with E-state index in [1.54, 1.807) is 0 Å². The van der Waals surface area contributed by atoms with Crippen LogP contribution in [0, 0.1) is 17.3 Å². The Bertz CT molecular complexity index is 358. The van der Waals surface area contributed by atoms with Crippen molar-refractivity contribution in [1.29, 1.82) is 0 Å². The van der Waals surface area contributed by atoms with Crippen LogP contribution < -0.4 is 0 Å². The fourth-order valence-electron chi connectivity index (χ4n) is 4.09. The number of carbonyl (C=O) groups excluding carboxylic acids is 1. The van der Waals surface area contributed by atoms with E-state index in [0.717, 1.165) is 63.6 Å².